The molecule has 2 aliphatic rings. The summed E-state index contributed by atoms with van der Waals surface area (Å²) in [5.41, 5.74) is 1.19. The fourth-order valence-electron chi connectivity index (χ4n) is 5.12. The molecule has 0 N–H and O–H groups in total. The van der Waals surface area contributed by atoms with Crippen molar-refractivity contribution >= 4 is 17.4 Å². The highest BCUT2D eigenvalue weighted by Gasteiger charge is 2.38. The maximum Gasteiger partial charge on any atom is 0.453 e. The number of amides is 1. The Kier molecular flexibility index (Phi) is 6.24. The smallest absolute Gasteiger partial charge is 0.453 e. The first-order valence-corrected chi connectivity index (χ1v) is 11.8. The molecule has 0 radical (unpaired) electrons. The van der Waals surface area contributed by atoms with E-state index >= 15 is 0 Å². The topological polar surface area (TPSA) is 75.9 Å². The Labute approximate surface area is 200 Å². The second-order valence-corrected chi connectivity index (χ2v) is 9.13. The minimum absolute atomic E-state index is 0.0437. The van der Waals surface area contributed by atoms with Crippen LogP contribution in [0.4, 0.5) is 19.0 Å². The number of anilines is 1. The summed E-state index contributed by atoms with van der Waals surface area (Å²) < 4.78 is 45.6. The molecule has 0 bridgehead atoms. The van der Waals surface area contributed by atoms with Crippen LogP contribution in [-0.4, -0.2) is 63.4 Å². The van der Waals surface area contributed by atoms with E-state index in [1.54, 1.807) is 13.2 Å². The summed E-state index contributed by atoms with van der Waals surface area (Å²) >= 11 is 0. The molecule has 2 aliphatic heterocycles. The van der Waals surface area contributed by atoms with Crippen molar-refractivity contribution in [3.63, 3.8) is 0 Å². The highest BCUT2D eigenvalue weighted by Crippen LogP contribution is 2.30. The summed E-state index contributed by atoms with van der Waals surface area (Å²) in [4.78, 5) is 17.3. The molecule has 5 rings (SSSR count). The zero-order valence-electron chi connectivity index (χ0n) is 19.4. The van der Waals surface area contributed by atoms with Crippen LogP contribution in [0.25, 0.3) is 5.65 Å². The second kappa shape index (κ2) is 9.35. The van der Waals surface area contributed by atoms with Gasteiger partial charge in [0, 0.05) is 31.6 Å². The molecule has 0 aliphatic carbocycles. The predicted octanol–water partition coefficient (Wildman–Crippen LogP) is 3.60. The van der Waals surface area contributed by atoms with Crippen LogP contribution < -0.4 is 9.64 Å². The van der Waals surface area contributed by atoms with Gasteiger partial charge in [0.15, 0.2) is 5.65 Å². The van der Waals surface area contributed by atoms with E-state index in [1.165, 1.54) is 6.07 Å². The van der Waals surface area contributed by atoms with Crippen molar-refractivity contribution in [2.45, 2.75) is 44.3 Å². The van der Waals surface area contributed by atoms with Crippen LogP contribution in [0.1, 0.15) is 37.1 Å². The van der Waals surface area contributed by atoms with Gasteiger partial charge in [0.25, 0.3) is 5.82 Å². The lowest BCUT2D eigenvalue weighted by Gasteiger charge is -2.35. The van der Waals surface area contributed by atoms with Crippen LogP contribution in [0.2, 0.25) is 0 Å². The number of alkyl halides is 3. The van der Waals surface area contributed by atoms with Crippen molar-refractivity contribution in [3.8, 4) is 5.75 Å². The lowest BCUT2D eigenvalue weighted by Crippen LogP contribution is -2.45. The summed E-state index contributed by atoms with van der Waals surface area (Å²) in [5.74, 6) is 0.172. The molecule has 1 unspecified atom stereocenters. The van der Waals surface area contributed by atoms with E-state index in [0.29, 0.717) is 31.7 Å². The number of carbonyl (C=O) groups is 1. The van der Waals surface area contributed by atoms with Gasteiger partial charge in [-0.05, 0) is 61.9 Å². The molecule has 8 nitrogen and oxygen atoms in total. The minimum atomic E-state index is -4.64. The van der Waals surface area contributed by atoms with E-state index in [1.807, 2.05) is 28.0 Å². The van der Waals surface area contributed by atoms with Crippen LogP contribution in [0.5, 0.6) is 5.75 Å². The Bertz CT molecular complexity index is 1210. The van der Waals surface area contributed by atoms with Gasteiger partial charge in [-0.25, -0.2) is 0 Å². The largest absolute Gasteiger partial charge is 0.497 e. The number of hydrogen-bond donors (Lipinski definition) is 0. The number of hydrogen-bond acceptors (Lipinski definition) is 6. The van der Waals surface area contributed by atoms with Gasteiger partial charge in [-0.2, -0.15) is 17.7 Å². The summed E-state index contributed by atoms with van der Waals surface area (Å²) in [6, 6.07) is 11.3. The average Bonchev–Trinajstić information content (AvgIpc) is 3.50. The summed E-state index contributed by atoms with van der Waals surface area (Å²) in [6.45, 7) is 1.86. The van der Waals surface area contributed by atoms with E-state index in [9.17, 15) is 18.0 Å². The first-order valence-electron chi connectivity index (χ1n) is 11.8. The fourth-order valence-corrected chi connectivity index (χ4v) is 5.12. The number of carbonyl (C=O) groups excluding carboxylic acids is 1. The van der Waals surface area contributed by atoms with Crippen LogP contribution in [-0.2, 0) is 17.4 Å². The maximum atomic E-state index is 13.4. The first kappa shape index (κ1) is 23.4. The Morgan fingerprint density at radius 1 is 1.09 bits per heavy atom. The fraction of sp³-hybridized carbons (Fsp3) is 0.500. The quantitative estimate of drug-likeness (QED) is 0.546. The van der Waals surface area contributed by atoms with Crippen molar-refractivity contribution < 1.29 is 22.7 Å². The first-order chi connectivity index (χ1) is 16.8. The number of ether oxygens (including phenoxy) is 1. The van der Waals surface area contributed by atoms with Gasteiger partial charge in [0.2, 0.25) is 5.91 Å². The third kappa shape index (κ3) is 4.76. The Morgan fingerprint density at radius 2 is 1.89 bits per heavy atom. The SMILES string of the molecule is COc1cccc(CC2CCCN2C(=O)C2CCN(c3ccc4nnc(C(F)(F)F)n4n3)CC2)c1. The number of nitrogens with zero attached hydrogens (tertiary/aromatic N) is 6. The van der Waals surface area contributed by atoms with Gasteiger partial charge < -0.3 is 14.5 Å². The van der Waals surface area contributed by atoms with Crippen molar-refractivity contribution in [1.82, 2.24) is 24.7 Å². The molecule has 2 fully saturated rings. The van der Waals surface area contributed by atoms with E-state index in [0.717, 1.165) is 41.6 Å². The number of piperidine rings is 1. The molecule has 1 amide bonds. The number of rotatable bonds is 5. The third-order valence-electron chi connectivity index (χ3n) is 6.94. The van der Waals surface area contributed by atoms with E-state index in [4.69, 9.17) is 4.74 Å². The van der Waals surface area contributed by atoms with E-state index < -0.39 is 12.0 Å². The van der Waals surface area contributed by atoms with Crippen LogP contribution >= 0.6 is 0 Å². The molecule has 2 aromatic heterocycles. The van der Waals surface area contributed by atoms with Crippen LogP contribution in [0.15, 0.2) is 36.4 Å². The standard InChI is InChI=1S/C24H27F3N6O2/c1-35-19-6-2-4-16(15-19)14-18-5-3-11-32(18)22(34)17-9-12-31(13-10-17)21-8-7-20-28-29-23(24(25,26)27)33(20)30-21/h2,4,6-8,15,17-18H,3,5,9-14H2,1H3. The van der Waals surface area contributed by atoms with Crippen LogP contribution in [0, 0.1) is 5.92 Å². The van der Waals surface area contributed by atoms with Crippen molar-refractivity contribution in [2.75, 3.05) is 31.6 Å². The van der Waals surface area contributed by atoms with E-state index in [-0.39, 0.29) is 23.5 Å². The molecule has 4 heterocycles. The molecule has 0 saturated carbocycles. The molecule has 186 valence electrons. The molecule has 1 atom stereocenters. The molecule has 2 saturated heterocycles. The van der Waals surface area contributed by atoms with Gasteiger partial charge in [-0.1, -0.05) is 12.1 Å². The zero-order chi connectivity index (χ0) is 24.6. The Hall–Kier alpha value is -3.37. The van der Waals surface area contributed by atoms with Gasteiger partial charge >= 0.3 is 6.18 Å². The minimum Gasteiger partial charge on any atom is -0.497 e. The van der Waals surface area contributed by atoms with Crippen molar-refractivity contribution in [1.29, 1.82) is 0 Å². The maximum absolute atomic E-state index is 13.4. The number of likely N-dealkylation sites (tertiary alicyclic amines) is 1. The Balaban J connectivity index is 1.23. The molecule has 1 aromatic carbocycles. The monoisotopic (exact) mass is 488 g/mol. The number of benzene rings is 1. The second-order valence-electron chi connectivity index (χ2n) is 9.13. The lowest BCUT2D eigenvalue weighted by molar-refractivity contribution is -0.146. The normalized spacial score (nSPS) is 19.5. The molecule has 0 spiro atoms. The van der Waals surface area contributed by atoms with Gasteiger partial charge in [0.05, 0.1) is 7.11 Å². The summed E-state index contributed by atoms with van der Waals surface area (Å²) in [7, 11) is 1.64. The third-order valence-corrected chi connectivity index (χ3v) is 6.94. The molecular weight excluding hydrogens is 461 g/mol. The van der Waals surface area contributed by atoms with Crippen LogP contribution in [0.3, 0.4) is 0 Å². The lowest BCUT2D eigenvalue weighted by atomic mass is 9.94. The number of fused-ring (bicyclic) bond motifs is 1. The molecular formula is C24H27F3N6O2. The number of aromatic nitrogens is 4. The van der Waals surface area contributed by atoms with Gasteiger partial charge in [-0.3, -0.25) is 4.79 Å². The van der Waals surface area contributed by atoms with Gasteiger partial charge in [0.1, 0.15) is 11.6 Å². The number of methoxy groups -OCH3 is 1. The van der Waals surface area contributed by atoms with Gasteiger partial charge in [-0.15, -0.1) is 15.3 Å². The molecule has 11 heteroatoms. The molecule has 35 heavy (non-hydrogen) atoms. The number of halogens is 3. The Morgan fingerprint density at radius 3 is 2.63 bits per heavy atom. The molecule has 3 aromatic rings. The van der Waals surface area contributed by atoms with Crippen molar-refractivity contribution in [3.05, 3.63) is 47.8 Å². The summed E-state index contributed by atoms with van der Waals surface area (Å²) in [6.07, 6.45) is -0.603. The highest BCUT2D eigenvalue weighted by molar-refractivity contribution is 5.80. The predicted molar refractivity (Wildman–Crippen MR) is 122 cm³/mol. The van der Waals surface area contributed by atoms with E-state index in [2.05, 4.69) is 21.4 Å². The highest BCUT2D eigenvalue weighted by atomic mass is 19.4. The summed E-state index contributed by atoms with van der Waals surface area (Å²) in [5, 5.41) is 10.9. The average molecular weight is 489 g/mol. The van der Waals surface area contributed by atoms with Crippen molar-refractivity contribution in [2.24, 2.45) is 5.92 Å². The zero-order valence-corrected chi connectivity index (χ0v) is 19.4.